The summed E-state index contributed by atoms with van der Waals surface area (Å²) in [5, 5.41) is 8.75. The fraction of sp³-hybridized carbons (Fsp3) is 0.227. The summed E-state index contributed by atoms with van der Waals surface area (Å²) in [6.45, 7) is 3.82. The molecule has 1 fully saturated rings. The SMILES string of the molecule is CN1CCN(c2cc(C(=N)c3cc(-c4cc[nH]c(=O)c4)ccc3N)ccn2)CC1. The van der Waals surface area contributed by atoms with Crippen LogP contribution in [0.15, 0.2) is 59.7 Å². The lowest BCUT2D eigenvalue weighted by Gasteiger charge is -2.33. The summed E-state index contributed by atoms with van der Waals surface area (Å²) in [6, 6.07) is 12.7. The van der Waals surface area contributed by atoms with E-state index in [2.05, 4.69) is 26.8 Å². The van der Waals surface area contributed by atoms with Crippen LogP contribution in [0.4, 0.5) is 11.5 Å². The van der Waals surface area contributed by atoms with E-state index in [0.717, 1.165) is 48.7 Å². The molecule has 1 saturated heterocycles. The van der Waals surface area contributed by atoms with Crippen LogP contribution >= 0.6 is 0 Å². The Labute approximate surface area is 169 Å². The second-order valence-electron chi connectivity index (χ2n) is 7.31. The summed E-state index contributed by atoms with van der Waals surface area (Å²) >= 11 is 0. The maximum absolute atomic E-state index is 11.6. The van der Waals surface area contributed by atoms with Crippen LogP contribution < -0.4 is 16.2 Å². The molecule has 0 aliphatic carbocycles. The van der Waals surface area contributed by atoms with Gasteiger partial charge in [0.15, 0.2) is 0 Å². The van der Waals surface area contributed by atoms with E-state index in [1.807, 2.05) is 30.3 Å². The Bertz CT molecular complexity index is 1100. The third kappa shape index (κ3) is 4.05. The van der Waals surface area contributed by atoms with Gasteiger partial charge in [-0.2, -0.15) is 0 Å². The lowest BCUT2D eigenvalue weighted by molar-refractivity contribution is 0.312. The monoisotopic (exact) mass is 388 g/mol. The zero-order valence-corrected chi connectivity index (χ0v) is 16.4. The van der Waals surface area contributed by atoms with Crippen molar-refractivity contribution in [1.82, 2.24) is 14.9 Å². The van der Waals surface area contributed by atoms with Crippen LogP contribution in [-0.2, 0) is 0 Å². The van der Waals surface area contributed by atoms with Crippen LogP contribution in [0.2, 0.25) is 0 Å². The summed E-state index contributed by atoms with van der Waals surface area (Å²) < 4.78 is 0. The zero-order valence-electron chi connectivity index (χ0n) is 16.4. The van der Waals surface area contributed by atoms with E-state index >= 15 is 0 Å². The third-order valence-electron chi connectivity index (χ3n) is 5.29. The van der Waals surface area contributed by atoms with E-state index in [1.165, 1.54) is 6.07 Å². The number of nitrogen functional groups attached to an aromatic ring is 1. The Hall–Kier alpha value is -3.45. The summed E-state index contributed by atoms with van der Waals surface area (Å²) in [6.07, 6.45) is 3.36. The van der Waals surface area contributed by atoms with Crippen LogP contribution in [0, 0.1) is 5.41 Å². The molecule has 4 N–H and O–H groups in total. The summed E-state index contributed by atoms with van der Waals surface area (Å²) in [7, 11) is 2.12. The largest absolute Gasteiger partial charge is 0.398 e. The average molecular weight is 388 g/mol. The standard InChI is InChI=1S/C22H24N6O/c1-27-8-10-28(11-9-27)20-13-17(5-6-25-20)22(24)18-12-15(2-3-19(18)23)16-4-7-26-21(29)14-16/h2-7,12-14,24H,8-11,23H2,1H3,(H,26,29). The number of aromatic nitrogens is 2. The predicted molar refractivity (Wildman–Crippen MR) is 117 cm³/mol. The van der Waals surface area contributed by atoms with Gasteiger partial charge < -0.3 is 20.5 Å². The molecule has 3 aromatic rings. The number of rotatable bonds is 4. The predicted octanol–water partition coefficient (Wildman–Crippen LogP) is 2.19. The minimum absolute atomic E-state index is 0.165. The van der Waals surface area contributed by atoms with E-state index in [0.29, 0.717) is 17.0 Å². The van der Waals surface area contributed by atoms with E-state index in [-0.39, 0.29) is 5.56 Å². The van der Waals surface area contributed by atoms with E-state index in [9.17, 15) is 4.79 Å². The van der Waals surface area contributed by atoms with Crippen molar-refractivity contribution in [2.75, 3.05) is 43.9 Å². The number of nitrogens with one attached hydrogen (secondary N) is 2. The van der Waals surface area contributed by atoms with Gasteiger partial charge in [0, 0.05) is 61.5 Å². The molecule has 0 atom stereocenters. The Morgan fingerprint density at radius 1 is 1.07 bits per heavy atom. The summed E-state index contributed by atoms with van der Waals surface area (Å²) in [4.78, 5) is 23.3. The van der Waals surface area contributed by atoms with Gasteiger partial charge in [0.05, 0.1) is 5.71 Å². The smallest absolute Gasteiger partial charge is 0.248 e. The maximum atomic E-state index is 11.6. The molecule has 4 rings (SSSR count). The highest BCUT2D eigenvalue weighted by atomic mass is 16.1. The van der Waals surface area contributed by atoms with Crippen molar-refractivity contribution in [2.45, 2.75) is 0 Å². The molecule has 1 aliphatic rings. The Balaban J connectivity index is 1.65. The van der Waals surface area contributed by atoms with E-state index < -0.39 is 0 Å². The van der Waals surface area contributed by atoms with Crippen molar-refractivity contribution in [1.29, 1.82) is 5.41 Å². The van der Waals surface area contributed by atoms with Crippen LogP contribution in [0.25, 0.3) is 11.1 Å². The first-order valence-electron chi connectivity index (χ1n) is 9.59. The number of piperazine rings is 1. The molecular formula is C22H24N6O. The van der Waals surface area contributed by atoms with Crippen molar-refractivity contribution in [2.24, 2.45) is 0 Å². The van der Waals surface area contributed by atoms with Crippen LogP contribution in [-0.4, -0.2) is 53.8 Å². The van der Waals surface area contributed by atoms with Crippen LogP contribution in [0.1, 0.15) is 11.1 Å². The van der Waals surface area contributed by atoms with Gasteiger partial charge in [-0.3, -0.25) is 10.2 Å². The number of hydrogen-bond acceptors (Lipinski definition) is 6. The van der Waals surface area contributed by atoms with Gasteiger partial charge >= 0.3 is 0 Å². The lowest BCUT2D eigenvalue weighted by Crippen LogP contribution is -2.44. The van der Waals surface area contributed by atoms with Gasteiger partial charge in [-0.25, -0.2) is 4.98 Å². The number of nitrogens with two attached hydrogens (primary N) is 1. The molecule has 1 aromatic carbocycles. The molecule has 1 aliphatic heterocycles. The molecule has 7 heteroatoms. The summed E-state index contributed by atoms with van der Waals surface area (Å²) in [5.74, 6) is 0.879. The second kappa shape index (κ2) is 7.89. The Morgan fingerprint density at radius 3 is 2.59 bits per heavy atom. The van der Waals surface area contributed by atoms with E-state index in [1.54, 1.807) is 18.5 Å². The highest BCUT2D eigenvalue weighted by Gasteiger charge is 2.17. The fourth-order valence-electron chi connectivity index (χ4n) is 3.51. The highest BCUT2D eigenvalue weighted by molar-refractivity contribution is 6.14. The van der Waals surface area contributed by atoms with Crippen molar-refractivity contribution in [3.63, 3.8) is 0 Å². The molecule has 0 spiro atoms. The first kappa shape index (κ1) is 18.9. The maximum Gasteiger partial charge on any atom is 0.248 e. The first-order valence-corrected chi connectivity index (χ1v) is 9.59. The molecule has 0 saturated carbocycles. The number of H-pyrrole nitrogens is 1. The number of pyridine rings is 2. The number of likely N-dealkylation sites (N-methyl/N-ethyl adjacent to an activating group) is 1. The quantitative estimate of drug-likeness (QED) is 0.470. The number of anilines is 2. The normalized spacial score (nSPS) is 14.7. The number of aromatic amines is 1. The topological polar surface area (TPSA) is 102 Å². The number of nitrogens with zero attached hydrogens (tertiary/aromatic N) is 3. The first-order chi connectivity index (χ1) is 14.0. The molecular weight excluding hydrogens is 364 g/mol. The minimum atomic E-state index is -0.165. The average Bonchev–Trinajstić information content (AvgIpc) is 2.74. The Kier molecular flexibility index (Phi) is 5.14. The van der Waals surface area contributed by atoms with Gasteiger partial charge in [0.1, 0.15) is 5.82 Å². The molecule has 7 nitrogen and oxygen atoms in total. The number of benzene rings is 1. The summed E-state index contributed by atoms with van der Waals surface area (Å²) in [5.41, 5.74) is 9.93. The highest BCUT2D eigenvalue weighted by Crippen LogP contribution is 2.26. The van der Waals surface area contributed by atoms with Gasteiger partial charge in [-0.15, -0.1) is 0 Å². The van der Waals surface area contributed by atoms with Gasteiger partial charge in [-0.05, 0) is 48.5 Å². The Morgan fingerprint density at radius 2 is 1.83 bits per heavy atom. The second-order valence-corrected chi connectivity index (χ2v) is 7.31. The molecule has 3 heterocycles. The van der Waals surface area contributed by atoms with Crippen LogP contribution in [0.5, 0.6) is 0 Å². The molecule has 0 amide bonds. The fourth-order valence-corrected chi connectivity index (χ4v) is 3.51. The zero-order chi connectivity index (χ0) is 20.4. The molecule has 148 valence electrons. The van der Waals surface area contributed by atoms with Crippen molar-refractivity contribution < 1.29 is 0 Å². The van der Waals surface area contributed by atoms with Crippen LogP contribution in [0.3, 0.4) is 0 Å². The molecule has 0 unspecified atom stereocenters. The minimum Gasteiger partial charge on any atom is -0.398 e. The molecule has 0 radical (unpaired) electrons. The van der Waals surface area contributed by atoms with Gasteiger partial charge in [-0.1, -0.05) is 6.07 Å². The molecule has 2 aromatic heterocycles. The van der Waals surface area contributed by atoms with Crippen molar-refractivity contribution >= 4 is 17.2 Å². The lowest BCUT2D eigenvalue weighted by atomic mass is 9.97. The van der Waals surface area contributed by atoms with Gasteiger partial charge in [0.25, 0.3) is 0 Å². The van der Waals surface area contributed by atoms with E-state index in [4.69, 9.17) is 11.1 Å². The van der Waals surface area contributed by atoms with Crippen molar-refractivity contribution in [3.8, 4) is 11.1 Å². The van der Waals surface area contributed by atoms with Gasteiger partial charge in [0.2, 0.25) is 5.56 Å². The van der Waals surface area contributed by atoms with Crippen molar-refractivity contribution in [3.05, 3.63) is 76.3 Å². The molecule has 29 heavy (non-hydrogen) atoms. The third-order valence-corrected chi connectivity index (χ3v) is 5.29. The molecule has 0 bridgehead atoms. The number of hydrogen-bond donors (Lipinski definition) is 3.